The van der Waals surface area contributed by atoms with Crippen molar-refractivity contribution in [2.45, 2.75) is 59.5 Å². The fourth-order valence-electron chi connectivity index (χ4n) is 3.50. The van der Waals surface area contributed by atoms with Crippen LogP contribution in [0.1, 0.15) is 52.1 Å². The first-order valence-corrected chi connectivity index (χ1v) is 13.7. The minimum absolute atomic E-state index is 0.103. The number of nitrogens with zero attached hydrogens (tertiary/aromatic N) is 5. The summed E-state index contributed by atoms with van der Waals surface area (Å²) in [6.45, 7) is 10.4. The molecule has 0 atom stereocenters. The van der Waals surface area contributed by atoms with Crippen molar-refractivity contribution in [3.8, 4) is 22.7 Å². The molecule has 12 nitrogen and oxygen atoms in total. The number of carbonyl (C=O) groups excluding carboxylic acids is 1. The van der Waals surface area contributed by atoms with E-state index in [1.165, 1.54) is 4.68 Å². The van der Waals surface area contributed by atoms with Crippen LogP contribution in [-0.2, 0) is 31.9 Å². The second kappa shape index (κ2) is 10.9. The summed E-state index contributed by atoms with van der Waals surface area (Å²) in [5.74, 6) is 0.0795. The van der Waals surface area contributed by atoms with E-state index in [4.69, 9.17) is 18.0 Å². The fourth-order valence-corrected chi connectivity index (χ4v) is 5.25. The van der Waals surface area contributed by atoms with Crippen LogP contribution >= 0.6 is 7.82 Å². The van der Waals surface area contributed by atoms with Crippen LogP contribution in [0.25, 0.3) is 22.7 Å². The minimum atomic E-state index is -3.91. The number of amides is 1. The predicted octanol–water partition coefficient (Wildman–Crippen LogP) is 5.90. The van der Waals surface area contributed by atoms with Crippen molar-refractivity contribution in [1.29, 1.82) is 0 Å². The Morgan fingerprint density at radius 2 is 1.77 bits per heavy atom. The number of pyridine rings is 1. The van der Waals surface area contributed by atoms with E-state index >= 15 is 0 Å². The maximum Gasteiger partial charge on any atom is 0.477 e. The lowest BCUT2D eigenvalue weighted by Gasteiger charge is -2.30. The Balaban J connectivity index is 1.44. The Morgan fingerprint density at radius 3 is 2.41 bits per heavy atom. The molecule has 0 aliphatic rings. The van der Waals surface area contributed by atoms with Gasteiger partial charge in [0.05, 0.1) is 34.3 Å². The van der Waals surface area contributed by atoms with Crippen LogP contribution in [0.4, 0.5) is 5.69 Å². The number of furan rings is 1. The van der Waals surface area contributed by atoms with Crippen LogP contribution in [0.15, 0.2) is 59.5 Å². The number of carbonyl (C=O) groups is 1. The third-order valence-corrected chi connectivity index (χ3v) is 6.83. The second-order valence-corrected chi connectivity index (χ2v) is 12.3. The zero-order valence-electron chi connectivity index (χ0n) is 23.0. The summed E-state index contributed by atoms with van der Waals surface area (Å²) in [6, 6.07) is 8.70. The van der Waals surface area contributed by atoms with E-state index in [2.05, 4.69) is 20.5 Å². The van der Waals surface area contributed by atoms with Gasteiger partial charge in [-0.1, -0.05) is 6.07 Å². The van der Waals surface area contributed by atoms with Crippen LogP contribution in [0, 0.1) is 0 Å². The molecule has 4 aromatic rings. The normalized spacial score (nSPS) is 12.6. The van der Waals surface area contributed by atoms with Crippen LogP contribution in [0.3, 0.4) is 0 Å². The molecule has 0 aliphatic heterocycles. The van der Waals surface area contributed by atoms with Gasteiger partial charge in [0.1, 0.15) is 11.5 Å². The number of phosphoric ester groups is 1. The average molecular weight is 557 g/mol. The number of hydrogen-bond acceptors (Lipinski definition) is 9. The number of aryl methyl sites for hydroxylation is 1. The van der Waals surface area contributed by atoms with Crippen molar-refractivity contribution in [2.75, 3.05) is 5.32 Å². The highest BCUT2D eigenvalue weighted by atomic mass is 31.2. The first kappa shape index (κ1) is 28.4. The fraction of sp³-hybridized carbons (Fsp3) is 0.385. The van der Waals surface area contributed by atoms with Crippen molar-refractivity contribution < 1.29 is 27.3 Å². The van der Waals surface area contributed by atoms with Gasteiger partial charge in [-0.2, -0.15) is 10.2 Å². The second-order valence-electron chi connectivity index (χ2n) is 10.8. The smallest absolute Gasteiger partial charge is 0.451 e. The van der Waals surface area contributed by atoms with Crippen LogP contribution in [0.5, 0.6) is 0 Å². The summed E-state index contributed by atoms with van der Waals surface area (Å²) in [5, 5.41) is 11.5. The molecule has 0 saturated carbocycles. The van der Waals surface area contributed by atoms with Gasteiger partial charge in [-0.3, -0.25) is 28.0 Å². The molecule has 13 heteroatoms. The molecule has 1 N–H and O–H groups in total. The van der Waals surface area contributed by atoms with Crippen molar-refractivity contribution >= 4 is 19.4 Å². The Labute approximate surface area is 226 Å². The van der Waals surface area contributed by atoms with Crippen molar-refractivity contribution in [3.63, 3.8) is 0 Å². The Morgan fingerprint density at radius 1 is 1.05 bits per heavy atom. The third-order valence-electron chi connectivity index (χ3n) is 4.85. The quantitative estimate of drug-likeness (QED) is 0.250. The average Bonchev–Trinajstić information content (AvgIpc) is 3.55. The van der Waals surface area contributed by atoms with Crippen LogP contribution in [0.2, 0.25) is 0 Å². The maximum absolute atomic E-state index is 13.3. The summed E-state index contributed by atoms with van der Waals surface area (Å²) < 4.78 is 38.9. The lowest BCUT2D eigenvalue weighted by Crippen LogP contribution is -2.25. The summed E-state index contributed by atoms with van der Waals surface area (Å²) in [7, 11) is -2.14. The number of phosphoric acid groups is 1. The zero-order valence-corrected chi connectivity index (χ0v) is 23.9. The summed E-state index contributed by atoms with van der Waals surface area (Å²) in [5.41, 5.74) is 0.765. The van der Waals surface area contributed by atoms with Gasteiger partial charge in [-0.15, -0.1) is 0 Å². The van der Waals surface area contributed by atoms with Gasteiger partial charge >= 0.3 is 7.82 Å². The molecule has 0 spiro atoms. The van der Waals surface area contributed by atoms with E-state index in [0.29, 0.717) is 28.4 Å². The Bertz CT molecular complexity index is 1460. The standard InChI is InChI=1S/C26H33N6O6P/c1-25(2,3)37-39(34,38-26(4,5)6)35-17-32-15-18(14-28-32)21-11-12-22(36-21)24(33)29-20-16-31(7)30-23(20)19-10-8-9-13-27-19/h8-16H,17H2,1-7H3,(H,29,33). The van der Waals surface area contributed by atoms with Crippen LogP contribution < -0.4 is 5.32 Å². The monoisotopic (exact) mass is 556 g/mol. The maximum atomic E-state index is 13.3. The van der Waals surface area contributed by atoms with E-state index < -0.39 is 24.9 Å². The largest absolute Gasteiger partial charge is 0.477 e. The number of hydrogen-bond donors (Lipinski definition) is 1. The van der Waals surface area contributed by atoms with Crippen molar-refractivity contribution in [2.24, 2.45) is 7.05 Å². The number of nitrogens with one attached hydrogen (secondary N) is 1. The van der Waals surface area contributed by atoms with Crippen LogP contribution in [-0.4, -0.2) is 41.7 Å². The van der Waals surface area contributed by atoms with Crippen molar-refractivity contribution in [1.82, 2.24) is 24.5 Å². The van der Waals surface area contributed by atoms with E-state index in [-0.39, 0.29) is 12.5 Å². The zero-order chi connectivity index (χ0) is 28.4. The molecule has 0 saturated heterocycles. The molecule has 0 fully saturated rings. The molecule has 0 aliphatic carbocycles. The molecular weight excluding hydrogens is 523 g/mol. The molecule has 1 amide bonds. The Hall–Kier alpha value is -3.57. The molecule has 208 valence electrons. The lowest BCUT2D eigenvalue weighted by atomic mass is 10.2. The molecule has 0 aromatic carbocycles. The van der Waals surface area contributed by atoms with Gasteiger partial charge in [-0.05, 0) is 65.8 Å². The van der Waals surface area contributed by atoms with Gasteiger partial charge in [-0.25, -0.2) is 9.25 Å². The van der Waals surface area contributed by atoms with Gasteiger partial charge in [0.25, 0.3) is 5.91 Å². The number of aromatic nitrogens is 5. The summed E-state index contributed by atoms with van der Waals surface area (Å²) >= 11 is 0. The first-order valence-electron chi connectivity index (χ1n) is 12.2. The van der Waals surface area contributed by atoms with Gasteiger partial charge < -0.3 is 9.73 Å². The topological polar surface area (TPSA) is 136 Å². The molecular formula is C26H33N6O6P. The third kappa shape index (κ3) is 7.73. The predicted molar refractivity (Wildman–Crippen MR) is 145 cm³/mol. The molecule has 0 radical (unpaired) electrons. The molecule has 4 rings (SSSR count). The SMILES string of the molecule is Cn1cc(NC(=O)c2ccc(-c3cnn(COP(=O)(OC(C)(C)C)OC(C)(C)C)c3)o2)c(-c2ccccn2)n1. The number of anilines is 1. The van der Waals surface area contributed by atoms with E-state index in [1.807, 2.05) is 12.1 Å². The van der Waals surface area contributed by atoms with E-state index in [0.717, 1.165) is 0 Å². The minimum Gasteiger partial charge on any atom is -0.451 e. The number of rotatable bonds is 9. The molecule has 4 aromatic heterocycles. The Kier molecular flexibility index (Phi) is 7.94. The van der Waals surface area contributed by atoms with Gasteiger partial charge in [0.2, 0.25) is 0 Å². The highest BCUT2D eigenvalue weighted by Crippen LogP contribution is 2.55. The van der Waals surface area contributed by atoms with E-state index in [1.54, 1.807) is 96.3 Å². The molecule has 4 heterocycles. The van der Waals surface area contributed by atoms with Gasteiger partial charge in [0.15, 0.2) is 12.5 Å². The molecule has 0 unspecified atom stereocenters. The van der Waals surface area contributed by atoms with Crippen molar-refractivity contribution in [3.05, 3.63) is 60.9 Å². The first-order chi connectivity index (χ1) is 18.2. The van der Waals surface area contributed by atoms with Gasteiger partial charge in [0, 0.05) is 25.6 Å². The van der Waals surface area contributed by atoms with E-state index in [9.17, 15) is 9.36 Å². The highest BCUT2D eigenvalue weighted by Gasteiger charge is 2.37. The molecule has 39 heavy (non-hydrogen) atoms. The summed E-state index contributed by atoms with van der Waals surface area (Å²) in [6.07, 6.45) is 6.54. The molecule has 0 bridgehead atoms. The highest BCUT2D eigenvalue weighted by molar-refractivity contribution is 7.48. The lowest BCUT2D eigenvalue weighted by molar-refractivity contribution is -0.00758. The summed E-state index contributed by atoms with van der Waals surface area (Å²) in [4.78, 5) is 17.2.